The summed E-state index contributed by atoms with van der Waals surface area (Å²) in [6.07, 6.45) is 0. The summed E-state index contributed by atoms with van der Waals surface area (Å²) in [6, 6.07) is 17.1. The third kappa shape index (κ3) is 7.42. The Morgan fingerprint density at radius 3 is 1.93 bits per heavy atom. The Morgan fingerprint density at radius 1 is 0.867 bits per heavy atom. The largest absolute Gasteiger partial charge is 0.473 e. The Balaban J connectivity index is 0.000000469. The molecule has 1 saturated heterocycles. The van der Waals surface area contributed by atoms with Crippen LogP contribution >= 0.6 is 11.6 Å². The van der Waals surface area contributed by atoms with E-state index in [2.05, 4.69) is 4.90 Å². The summed E-state index contributed by atoms with van der Waals surface area (Å²) in [5, 5.41) is 15.5. The van der Waals surface area contributed by atoms with Crippen LogP contribution in [0.5, 0.6) is 0 Å². The van der Waals surface area contributed by atoms with E-state index in [1.54, 1.807) is 4.31 Å². The van der Waals surface area contributed by atoms with Crippen LogP contribution in [-0.4, -0.2) is 66.0 Å². The van der Waals surface area contributed by atoms with Crippen LogP contribution in [0.4, 0.5) is 0 Å². The smallest absolute Gasteiger partial charge is 0.414 e. The van der Waals surface area contributed by atoms with Crippen LogP contribution < -0.4 is 0 Å². The van der Waals surface area contributed by atoms with Crippen molar-refractivity contribution in [2.45, 2.75) is 12.3 Å². The number of benzene rings is 2. The Hall–Kier alpha value is -2.46. The molecule has 8 nitrogen and oxygen atoms in total. The molecule has 0 atom stereocenters. The molecule has 10 heteroatoms. The standard InChI is InChI=1S/C18H21ClN2O2S.C2H2O4/c19-18-9-5-4-8-17(18)14-20-10-12-21(13-11-20)24(22,23)15-16-6-2-1-3-7-16;3-1(4)2(5)6/h1-9H,10-15H2;(H,3,4)(H,5,6). The van der Waals surface area contributed by atoms with Crippen molar-refractivity contribution in [2.75, 3.05) is 26.2 Å². The fourth-order valence-electron chi connectivity index (χ4n) is 2.91. The highest BCUT2D eigenvalue weighted by molar-refractivity contribution is 7.88. The first-order valence-corrected chi connectivity index (χ1v) is 11.1. The minimum absolute atomic E-state index is 0.0678. The summed E-state index contributed by atoms with van der Waals surface area (Å²) in [7, 11) is -3.26. The molecule has 0 amide bonds. The molecule has 2 N–H and O–H groups in total. The number of carboxylic acid groups (broad SMARTS) is 2. The van der Waals surface area contributed by atoms with E-state index in [1.807, 2.05) is 54.6 Å². The first-order valence-electron chi connectivity index (χ1n) is 9.13. The second-order valence-corrected chi connectivity index (χ2v) is 8.99. The number of hydrogen-bond acceptors (Lipinski definition) is 5. The molecular formula is C20H23ClN2O6S. The van der Waals surface area contributed by atoms with Crippen LogP contribution in [0, 0.1) is 0 Å². The average Bonchev–Trinajstić information content (AvgIpc) is 2.71. The molecule has 1 heterocycles. The van der Waals surface area contributed by atoms with Crippen LogP contribution in [0.3, 0.4) is 0 Å². The number of hydrogen-bond donors (Lipinski definition) is 2. The first-order chi connectivity index (χ1) is 14.2. The number of piperazine rings is 1. The number of sulfonamides is 1. The van der Waals surface area contributed by atoms with Crippen LogP contribution in [0.2, 0.25) is 5.02 Å². The highest BCUT2D eigenvalue weighted by atomic mass is 35.5. The zero-order valence-corrected chi connectivity index (χ0v) is 17.7. The van der Waals surface area contributed by atoms with Gasteiger partial charge in [-0.15, -0.1) is 0 Å². The first kappa shape index (κ1) is 23.8. The summed E-state index contributed by atoms with van der Waals surface area (Å²) >= 11 is 6.20. The fraction of sp³-hybridized carbons (Fsp3) is 0.300. The quantitative estimate of drug-likeness (QED) is 0.665. The van der Waals surface area contributed by atoms with Gasteiger partial charge in [0.2, 0.25) is 10.0 Å². The van der Waals surface area contributed by atoms with Crippen LogP contribution in [0.15, 0.2) is 54.6 Å². The second kappa shape index (κ2) is 11.1. The van der Waals surface area contributed by atoms with Crippen LogP contribution in [0.1, 0.15) is 11.1 Å². The summed E-state index contributed by atoms with van der Waals surface area (Å²) in [4.78, 5) is 20.4. The lowest BCUT2D eigenvalue weighted by atomic mass is 10.2. The van der Waals surface area contributed by atoms with Gasteiger partial charge in [0.05, 0.1) is 5.75 Å². The molecule has 0 saturated carbocycles. The maximum Gasteiger partial charge on any atom is 0.414 e. The van der Waals surface area contributed by atoms with Gasteiger partial charge in [-0.3, -0.25) is 4.90 Å². The van der Waals surface area contributed by atoms with Crippen molar-refractivity contribution in [2.24, 2.45) is 0 Å². The molecule has 0 bridgehead atoms. The van der Waals surface area contributed by atoms with Crippen LogP contribution in [-0.2, 0) is 31.9 Å². The van der Waals surface area contributed by atoms with Crippen molar-refractivity contribution in [1.29, 1.82) is 0 Å². The molecule has 2 aromatic carbocycles. The maximum absolute atomic E-state index is 12.6. The maximum atomic E-state index is 12.6. The van der Waals surface area contributed by atoms with E-state index < -0.39 is 22.0 Å². The predicted molar refractivity (Wildman–Crippen MR) is 113 cm³/mol. The Kier molecular flexibility index (Phi) is 8.79. The third-order valence-corrected chi connectivity index (χ3v) is 6.67. The van der Waals surface area contributed by atoms with Gasteiger partial charge >= 0.3 is 11.9 Å². The molecule has 0 spiro atoms. The van der Waals surface area contributed by atoms with Gasteiger partial charge in [0.1, 0.15) is 0 Å². The highest BCUT2D eigenvalue weighted by Crippen LogP contribution is 2.19. The highest BCUT2D eigenvalue weighted by Gasteiger charge is 2.27. The lowest BCUT2D eigenvalue weighted by Crippen LogP contribution is -2.48. The van der Waals surface area contributed by atoms with Crippen molar-refractivity contribution in [1.82, 2.24) is 9.21 Å². The molecule has 1 aliphatic rings. The van der Waals surface area contributed by atoms with E-state index in [4.69, 9.17) is 31.4 Å². The number of aliphatic carboxylic acids is 2. The Labute approximate surface area is 180 Å². The van der Waals surface area contributed by atoms with Gasteiger partial charge in [-0.25, -0.2) is 18.0 Å². The van der Waals surface area contributed by atoms with Crippen molar-refractivity contribution in [3.05, 3.63) is 70.7 Å². The van der Waals surface area contributed by atoms with E-state index in [-0.39, 0.29) is 5.75 Å². The zero-order valence-electron chi connectivity index (χ0n) is 16.1. The van der Waals surface area contributed by atoms with E-state index in [9.17, 15) is 8.42 Å². The topological polar surface area (TPSA) is 115 Å². The summed E-state index contributed by atoms with van der Waals surface area (Å²) in [5.41, 5.74) is 1.91. The predicted octanol–water partition coefficient (Wildman–Crippen LogP) is 2.14. The summed E-state index contributed by atoms with van der Waals surface area (Å²) < 4.78 is 26.7. The van der Waals surface area contributed by atoms with Gasteiger partial charge in [-0.2, -0.15) is 4.31 Å². The minimum atomic E-state index is -3.26. The zero-order chi connectivity index (χ0) is 22.1. The number of carbonyl (C=O) groups is 2. The molecule has 30 heavy (non-hydrogen) atoms. The van der Waals surface area contributed by atoms with Crippen LogP contribution in [0.25, 0.3) is 0 Å². The third-order valence-electron chi connectivity index (χ3n) is 4.45. The van der Waals surface area contributed by atoms with E-state index >= 15 is 0 Å². The van der Waals surface area contributed by atoms with Crippen molar-refractivity contribution in [3.8, 4) is 0 Å². The van der Waals surface area contributed by atoms with Gasteiger partial charge in [0.25, 0.3) is 0 Å². The van der Waals surface area contributed by atoms with Gasteiger partial charge in [-0.05, 0) is 17.2 Å². The van der Waals surface area contributed by atoms with Crippen molar-refractivity contribution >= 4 is 33.6 Å². The number of rotatable bonds is 5. The Morgan fingerprint density at radius 2 is 1.40 bits per heavy atom. The number of halogens is 1. The van der Waals surface area contributed by atoms with E-state index in [1.165, 1.54) is 0 Å². The minimum Gasteiger partial charge on any atom is -0.473 e. The SMILES string of the molecule is O=C(O)C(=O)O.O=S(=O)(Cc1ccccc1)N1CCN(Cc2ccccc2Cl)CC1. The van der Waals surface area contributed by atoms with Gasteiger partial charge in [0.15, 0.2) is 0 Å². The Bertz CT molecular complexity index is 948. The van der Waals surface area contributed by atoms with E-state index in [0.717, 1.165) is 35.8 Å². The van der Waals surface area contributed by atoms with Crippen molar-refractivity contribution < 1.29 is 28.2 Å². The second-order valence-electron chi connectivity index (χ2n) is 6.62. The molecule has 0 radical (unpaired) electrons. The van der Waals surface area contributed by atoms with E-state index in [0.29, 0.717) is 13.1 Å². The van der Waals surface area contributed by atoms with Gasteiger partial charge < -0.3 is 10.2 Å². The molecule has 1 aliphatic heterocycles. The summed E-state index contributed by atoms with van der Waals surface area (Å²) in [6.45, 7) is 3.25. The van der Waals surface area contributed by atoms with Crippen molar-refractivity contribution in [3.63, 3.8) is 0 Å². The lowest BCUT2D eigenvalue weighted by Gasteiger charge is -2.34. The molecule has 162 valence electrons. The average molecular weight is 455 g/mol. The molecule has 0 unspecified atom stereocenters. The number of nitrogens with zero attached hydrogens (tertiary/aromatic N) is 2. The fourth-order valence-corrected chi connectivity index (χ4v) is 4.62. The van der Waals surface area contributed by atoms with Gasteiger partial charge in [-0.1, -0.05) is 60.1 Å². The number of carboxylic acids is 2. The molecule has 2 aromatic rings. The molecule has 3 rings (SSSR count). The molecule has 0 aliphatic carbocycles. The lowest BCUT2D eigenvalue weighted by molar-refractivity contribution is -0.159. The normalized spacial score (nSPS) is 15.1. The molecular weight excluding hydrogens is 432 g/mol. The van der Waals surface area contributed by atoms with Gasteiger partial charge in [0, 0.05) is 37.7 Å². The monoisotopic (exact) mass is 454 g/mol. The molecule has 0 aromatic heterocycles. The molecule has 1 fully saturated rings. The summed E-state index contributed by atoms with van der Waals surface area (Å²) in [5.74, 6) is -3.58.